The maximum atomic E-state index is 12.1. The van der Waals surface area contributed by atoms with E-state index in [0.29, 0.717) is 26.1 Å². The van der Waals surface area contributed by atoms with Gasteiger partial charge in [-0.05, 0) is 25.5 Å². The number of nitrogens with one attached hydrogen (secondary N) is 1. The average Bonchev–Trinajstić information content (AvgIpc) is 2.50. The summed E-state index contributed by atoms with van der Waals surface area (Å²) in [4.78, 5) is 25.6. The number of carbonyl (C=O) groups is 2. The number of primary amides is 1. The summed E-state index contributed by atoms with van der Waals surface area (Å²) in [6, 6.07) is 9.50. The van der Waals surface area contributed by atoms with Crippen LogP contribution in [0.1, 0.15) is 20.3 Å². The lowest BCUT2D eigenvalue weighted by Crippen LogP contribution is -2.62. The number of amides is 2. The second kappa shape index (κ2) is 6.68. The van der Waals surface area contributed by atoms with E-state index >= 15 is 0 Å². The number of hydrogen-bond acceptors (Lipinski definition) is 4. The first-order valence-electron chi connectivity index (χ1n) is 7.54. The normalized spacial score (nSPS) is 24.6. The fraction of sp³-hybridized carbons (Fsp3) is 0.500. The third-order valence-corrected chi connectivity index (χ3v) is 4.22. The number of piperidine rings is 1. The van der Waals surface area contributed by atoms with E-state index in [1.165, 1.54) is 0 Å². The molecule has 0 bridgehead atoms. The molecular formula is C16H23N3O3. The molecule has 6 heteroatoms. The van der Waals surface area contributed by atoms with Crippen LogP contribution in [0.4, 0.5) is 10.5 Å². The first kappa shape index (κ1) is 16.1. The zero-order chi connectivity index (χ0) is 16.2. The van der Waals surface area contributed by atoms with E-state index in [0.717, 1.165) is 5.69 Å². The molecule has 1 aliphatic rings. The number of nitrogens with zero attached hydrogens (tertiary/aromatic N) is 1. The summed E-state index contributed by atoms with van der Waals surface area (Å²) < 4.78 is 5.03. The predicted molar refractivity (Wildman–Crippen MR) is 84.4 cm³/mol. The highest BCUT2D eigenvalue weighted by molar-refractivity contribution is 5.89. The van der Waals surface area contributed by atoms with Crippen molar-refractivity contribution < 1.29 is 14.3 Å². The highest BCUT2D eigenvalue weighted by Gasteiger charge is 2.46. The zero-order valence-corrected chi connectivity index (χ0v) is 13.0. The molecule has 1 aliphatic heterocycles. The van der Waals surface area contributed by atoms with Gasteiger partial charge in [0.2, 0.25) is 5.91 Å². The van der Waals surface area contributed by atoms with Crippen LogP contribution >= 0.6 is 0 Å². The third-order valence-electron chi connectivity index (χ3n) is 4.22. The molecule has 1 aromatic rings. The van der Waals surface area contributed by atoms with Crippen molar-refractivity contribution in [3.05, 3.63) is 30.3 Å². The minimum atomic E-state index is -0.857. The van der Waals surface area contributed by atoms with Crippen LogP contribution in [0.2, 0.25) is 0 Å². The molecule has 3 N–H and O–H groups in total. The fourth-order valence-electron chi connectivity index (χ4n) is 2.91. The number of carbonyl (C=O) groups excluding carboxylic acids is 2. The highest BCUT2D eigenvalue weighted by atomic mass is 16.6. The van der Waals surface area contributed by atoms with Crippen LogP contribution in [0.15, 0.2) is 30.3 Å². The molecule has 2 rings (SSSR count). The molecule has 1 heterocycles. The molecule has 2 atom stereocenters. The minimum absolute atomic E-state index is 0.122. The molecular weight excluding hydrogens is 282 g/mol. The molecule has 2 unspecified atom stereocenters. The van der Waals surface area contributed by atoms with Crippen LogP contribution in [0, 0.1) is 5.92 Å². The summed E-state index contributed by atoms with van der Waals surface area (Å²) >= 11 is 0. The molecule has 1 fully saturated rings. The van der Waals surface area contributed by atoms with E-state index < -0.39 is 11.4 Å². The van der Waals surface area contributed by atoms with Crippen LogP contribution in [-0.4, -0.2) is 42.1 Å². The van der Waals surface area contributed by atoms with Crippen molar-refractivity contribution >= 4 is 17.7 Å². The molecule has 0 radical (unpaired) electrons. The van der Waals surface area contributed by atoms with Gasteiger partial charge in [0.25, 0.3) is 0 Å². The fourth-order valence-corrected chi connectivity index (χ4v) is 2.91. The van der Waals surface area contributed by atoms with E-state index in [4.69, 9.17) is 10.5 Å². The van der Waals surface area contributed by atoms with Gasteiger partial charge in [-0.1, -0.05) is 25.1 Å². The Kier molecular flexibility index (Phi) is 4.90. The number of likely N-dealkylation sites (tertiary alicyclic amines) is 1. The quantitative estimate of drug-likeness (QED) is 0.888. The second-order valence-electron chi connectivity index (χ2n) is 5.62. The van der Waals surface area contributed by atoms with Gasteiger partial charge in [0.1, 0.15) is 5.54 Å². The summed E-state index contributed by atoms with van der Waals surface area (Å²) in [6.07, 6.45) is 0.115. The Bertz CT molecular complexity index is 535. The summed E-state index contributed by atoms with van der Waals surface area (Å²) in [5.41, 5.74) is 5.67. The lowest BCUT2D eigenvalue weighted by atomic mass is 9.78. The van der Waals surface area contributed by atoms with E-state index in [1.54, 1.807) is 11.8 Å². The molecule has 0 spiro atoms. The van der Waals surface area contributed by atoms with Gasteiger partial charge in [-0.2, -0.15) is 0 Å². The first-order chi connectivity index (χ1) is 10.5. The van der Waals surface area contributed by atoms with Crippen LogP contribution in [-0.2, 0) is 9.53 Å². The van der Waals surface area contributed by atoms with Gasteiger partial charge in [-0.25, -0.2) is 4.79 Å². The number of ether oxygens (including phenoxy) is 1. The van der Waals surface area contributed by atoms with Gasteiger partial charge in [0.15, 0.2) is 0 Å². The van der Waals surface area contributed by atoms with E-state index in [9.17, 15) is 9.59 Å². The topological polar surface area (TPSA) is 84.7 Å². The number of rotatable bonds is 4. The number of hydrogen-bond donors (Lipinski definition) is 2. The van der Waals surface area contributed by atoms with E-state index in [2.05, 4.69) is 5.32 Å². The summed E-state index contributed by atoms with van der Waals surface area (Å²) in [6.45, 7) is 4.91. The van der Waals surface area contributed by atoms with Gasteiger partial charge in [-0.3, -0.25) is 4.79 Å². The molecule has 6 nitrogen and oxygen atoms in total. The number of para-hydroxylation sites is 1. The Morgan fingerprint density at radius 3 is 2.64 bits per heavy atom. The molecule has 1 saturated heterocycles. The van der Waals surface area contributed by atoms with Crippen molar-refractivity contribution in [1.82, 2.24) is 4.90 Å². The van der Waals surface area contributed by atoms with Crippen molar-refractivity contribution in [2.75, 3.05) is 25.0 Å². The lowest BCUT2D eigenvalue weighted by molar-refractivity contribution is -0.125. The SMILES string of the molecule is CCOC(=O)N1CCC(Nc2ccccc2)(C(N)=O)C(C)C1. The molecule has 0 saturated carbocycles. The molecule has 1 aromatic carbocycles. The second-order valence-corrected chi connectivity index (χ2v) is 5.62. The number of benzene rings is 1. The Morgan fingerprint density at radius 2 is 2.09 bits per heavy atom. The Balaban J connectivity index is 2.16. The Hall–Kier alpha value is -2.24. The minimum Gasteiger partial charge on any atom is -0.450 e. The highest BCUT2D eigenvalue weighted by Crippen LogP contribution is 2.32. The van der Waals surface area contributed by atoms with Crippen molar-refractivity contribution in [3.63, 3.8) is 0 Å². The maximum absolute atomic E-state index is 12.1. The van der Waals surface area contributed by atoms with Crippen molar-refractivity contribution in [2.24, 2.45) is 11.7 Å². The summed E-state index contributed by atoms with van der Waals surface area (Å²) in [7, 11) is 0. The van der Waals surface area contributed by atoms with Crippen molar-refractivity contribution in [1.29, 1.82) is 0 Å². The Morgan fingerprint density at radius 1 is 1.41 bits per heavy atom. The average molecular weight is 305 g/mol. The standard InChI is InChI=1S/C16H23N3O3/c1-3-22-15(21)19-10-9-16(14(17)20,12(2)11-19)18-13-7-5-4-6-8-13/h4-8,12,18H,3,9-11H2,1-2H3,(H2,17,20). The largest absolute Gasteiger partial charge is 0.450 e. The molecule has 2 amide bonds. The lowest BCUT2D eigenvalue weighted by Gasteiger charge is -2.45. The van der Waals surface area contributed by atoms with E-state index in [1.807, 2.05) is 37.3 Å². The smallest absolute Gasteiger partial charge is 0.409 e. The Labute approximate surface area is 130 Å². The van der Waals surface area contributed by atoms with Crippen LogP contribution < -0.4 is 11.1 Å². The van der Waals surface area contributed by atoms with Gasteiger partial charge in [-0.15, -0.1) is 0 Å². The molecule has 120 valence electrons. The van der Waals surface area contributed by atoms with Crippen LogP contribution in [0.25, 0.3) is 0 Å². The number of nitrogens with two attached hydrogens (primary N) is 1. The van der Waals surface area contributed by atoms with Crippen molar-refractivity contribution in [3.8, 4) is 0 Å². The van der Waals surface area contributed by atoms with Gasteiger partial charge >= 0.3 is 6.09 Å². The summed E-state index contributed by atoms with van der Waals surface area (Å²) in [5.74, 6) is -0.518. The predicted octanol–water partition coefficient (Wildman–Crippen LogP) is 1.82. The maximum Gasteiger partial charge on any atom is 0.409 e. The van der Waals surface area contributed by atoms with E-state index in [-0.39, 0.29) is 12.0 Å². The van der Waals surface area contributed by atoms with Gasteiger partial charge in [0.05, 0.1) is 6.61 Å². The monoisotopic (exact) mass is 305 g/mol. The van der Waals surface area contributed by atoms with Crippen LogP contribution in [0.5, 0.6) is 0 Å². The zero-order valence-electron chi connectivity index (χ0n) is 13.0. The molecule has 0 aromatic heterocycles. The summed E-state index contributed by atoms with van der Waals surface area (Å²) in [5, 5.41) is 3.28. The number of anilines is 1. The van der Waals surface area contributed by atoms with Crippen LogP contribution in [0.3, 0.4) is 0 Å². The van der Waals surface area contributed by atoms with Crippen molar-refractivity contribution in [2.45, 2.75) is 25.8 Å². The van der Waals surface area contributed by atoms with Gasteiger partial charge in [0, 0.05) is 24.7 Å². The van der Waals surface area contributed by atoms with Gasteiger partial charge < -0.3 is 20.7 Å². The first-order valence-corrected chi connectivity index (χ1v) is 7.54. The third kappa shape index (κ3) is 3.16. The molecule has 0 aliphatic carbocycles. The molecule has 22 heavy (non-hydrogen) atoms.